The van der Waals surface area contributed by atoms with Gasteiger partial charge in [-0.15, -0.1) is 0 Å². The molecule has 4 aliphatic rings. The molecule has 1 atom stereocenters. The van der Waals surface area contributed by atoms with E-state index >= 15 is 8.78 Å². The molecule has 6 aromatic rings. The Bertz CT molecular complexity index is 3060. The average Bonchev–Trinajstić information content (AvgIpc) is 4.12. The molecule has 0 unspecified atom stereocenters. The number of H-pyrrole nitrogens is 2. The lowest BCUT2D eigenvalue weighted by atomic mass is 9.59. The molecule has 19 heteroatoms. The Hall–Kier alpha value is -6.18. The summed E-state index contributed by atoms with van der Waals surface area (Å²) in [4.78, 5) is 46.5. The second-order valence-corrected chi connectivity index (χ2v) is 22.1. The van der Waals surface area contributed by atoms with Crippen LogP contribution in [-0.2, 0) is 10.0 Å². The number of nitrogens with one attached hydrogen (secondary N) is 4. The third kappa shape index (κ3) is 9.07. The second-order valence-electron chi connectivity index (χ2n) is 20.4. The lowest BCUT2D eigenvalue weighted by molar-refractivity contribution is -0.384. The van der Waals surface area contributed by atoms with Gasteiger partial charge in [-0.2, -0.15) is 0 Å². The van der Waals surface area contributed by atoms with E-state index in [-0.39, 0.29) is 64.8 Å². The number of aromatic amines is 2. The Morgan fingerprint density at radius 2 is 1.74 bits per heavy atom. The van der Waals surface area contributed by atoms with E-state index < -0.39 is 48.5 Å². The van der Waals surface area contributed by atoms with Crippen molar-refractivity contribution in [3.63, 3.8) is 0 Å². The maximum atomic E-state index is 16.6. The Morgan fingerprint density at radius 3 is 2.47 bits per heavy atom. The second kappa shape index (κ2) is 18.5. The molecule has 3 saturated heterocycles. The smallest absolute Gasteiger partial charge is 0.296 e. The number of halogens is 2. The molecule has 1 amide bonds. The molecular weight excluding hydrogens is 919 g/mol. The topological polar surface area (TPSA) is 195 Å². The summed E-state index contributed by atoms with van der Waals surface area (Å²) in [7, 11) is -4.94. The minimum Gasteiger partial charge on any atom is -0.455 e. The van der Waals surface area contributed by atoms with E-state index in [2.05, 4.69) is 73.2 Å². The number of rotatable bonds is 14. The van der Waals surface area contributed by atoms with Gasteiger partial charge >= 0.3 is 0 Å². The zero-order chi connectivity index (χ0) is 49.1. The van der Waals surface area contributed by atoms with Crippen LogP contribution in [0.2, 0.25) is 0 Å². The molecule has 3 aliphatic heterocycles. The SMILES string of the molecule is CC(C)c1ccccc1[C@@H]1CCCN1C1CC2(CCN(c3cc(Oc4cnc5[nH]ccc5c4)c(C(=O)NS(=O)(=O)c4cc([N+](=O)[O-])c(NCC5(F)CCN(C(C)C)CC5)c5[nH]cnc45)cc3F)CC2)C1. The molecule has 3 aromatic heterocycles. The van der Waals surface area contributed by atoms with E-state index in [0.29, 0.717) is 55.2 Å². The zero-order valence-electron chi connectivity index (χ0n) is 39.9. The predicted octanol–water partition coefficient (Wildman–Crippen LogP) is 9.73. The number of benzene rings is 3. The summed E-state index contributed by atoms with van der Waals surface area (Å²) in [6, 6.07) is 16.6. The first-order chi connectivity index (χ1) is 33.5. The number of alkyl halides is 1. The first-order valence-corrected chi connectivity index (χ1v) is 25.9. The number of imidazole rings is 1. The lowest BCUT2D eigenvalue weighted by Gasteiger charge is -2.56. The minimum atomic E-state index is -4.94. The molecular formula is C51H60F2N10O6S. The quantitative estimate of drug-likeness (QED) is 0.0597. The summed E-state index contributed by atoms with van der Waals surface area (Å²) in [6.07, 6.45) is 10.9. The van der Waals surface area contributed by atoms with E-state index in [9.17, 15) is 23.3 Å². The van der Waals surface area contributed by atoms with Crippen molar-refractivity contribution in [3.8, 4) is 11.5 Å². The van der Waals surface area contributed by atoms with Crippen molar-refractivity contribution in [1.29, 1.82) is 0 Å². The molecule has 70 heavy (non-hydrogen) atoms. The van der Waals surface area contributed by atoms with Crippen LogP contribution in [0.3, 0.4) is 0 Å². The number of pyridine rings is 1. The normalized spacial score (nSPS) is 19.9. The number of sulfonamides is 1. The van der Waals surface area contributed by atoms with Crippen LogP contribution in [-0.4, -0.2) is 106 Å². The molecule has 1 saturated carbocycles. The third-order valence-corrected chi connectivity index (χ3v) is 16.8. The number of hydrogen-bond donors (Lipinski definition) is 4. The summed E-state index contributed by atoms with van der Waals surface area (Å²) in [5, 5.41) is 16.1. The molecule has 0 bridgehead atoms. The van der Waals surface area contributed by atoms with Crippen molar-refractivity contribution in [2.24, 2.45) is 5.41 Å². The number of carbonyl (C=O) groups is 1. The van der Waals surface area contributed by atoms with Crippen LogP contribution in [0.1, 0.15) is 113 Å². The maximum absolute atomic E-state index is 16.6. The van der Waals surface area contributed by atoms with Crippen LogP contribution in [0.15, 0.2) is 78.2 Å². The van der Waals surface area contributed by atoms with Crippen LogP contribution < -0.4 is 19.7 Å². The number of piperidine rings is 2. The standard InChI is InChI=1S/C51H60F2N10O6S/c1-31(2)36-8-5-6-9-37(36)40-10-7-17-62(40)34-26-50(27-34)12-18-61(19-13-50)41-24-43(69-35-22-33-11-16-54-48(33)55-28-35)38(23-39(41)52)49(64)59-70(67,68)44-25-42(63(65)66)45(47-46(44)57-30-58-47)56-29-51(53)14-20-60(21-15-51)32(3)4/h5-6,8-9,11,16,22-25,28,30-32,34,40,56H,7,10,12-15,17-21,26-27,29H2,1-4H3,(H,54,55)(H,57,58)(H,59,64)/t40-/m0/s1. The maximum Gasteiger partial charge on any atom is 0.296 e. The fourth-order valence-electron chi connectivity index (χ4n) is 11.5. The van der Waals surface area contributed by atoms with Crippen LogP contribution in [0.25, 0.3) is 22.1 Å². The Balaban J connectivity index is 0.886. The molecule has 4 N–H and O–H groups in total. The highest BCUT2D eigenvalue weighted by Crippen LogP contribution is 2.54. The highest BCUT2D eigenvalue weighted by Gasteiger charge is 2.50. The van der Waals surface area contributed by atoms with Gasteiger partial charge in [0.25, 0.3) is 21.6 Å². The number of carbonyl (C=O) groups excluding carboxylic acids is 1. The van der Waals surface area contributed by atoms with Gasteiger partial charge in [-0.05, 0) is 112 Å². The average molecular weight is 979 g/mol. The molecule has 6 heterocycles. The molecule has 3 aromatic carbocycles. The van der Waals surface area contributed by atoms with Crippen molar-refractivity contribution in [2.75, 3.05) is 49.5 Å². The van der Waals surface area contributed by atoms with Crippen LogP contribution in [0.5, 0.6) is 11.5 Å². The van der Waals surface area contributed by atoms with Gasteiger partial charge in [0.05, 0.1) is 34.2 Å². The highest BCUT2D eigenvalue weighted by atomic mass is 32.2. The Morgan fingerprint density at radius 1 is 0.986 bits per heavy atom. The number of nitro benzene ring substituents is 1. The van der Waals surface area contributed by atoms with E-state index in [1.54, 1.807) is 18.3 Å². The van der Waals surface area contributed by atoms with Gasteiger partial charge in [0.15, 0.2) is 0 Å². The van der Waals surface area contributed by atoms with Gasteiger partial charge in [0, 0.05) is 74.6 Å². The van der Waals surface area contributed by atoms with E-state index in [4.69, 9.17) is 4.74 Å². The van der Waals surface area contributed by atoms with Gasteiger partial charge in [-0.25, -0.2) is 31.9 Å². The summed E-state index contributed by atoms with van der Waals surface area (Å²) < 4.78 is 69.3. The van der Waals surface area contributed by atoms with Crippen LogP contribution >= 0.6 is 0 Å². The summed E-state index contributed by atoms with van der Waals surface area (Å²) in [6.45, 7) is 11.6. The molecule has 16 nitrogen and oxygen atoms in total. The van der Waals surface area contributed by atoms with Gasteiger partial charge in [0.1, 0.15) is 44.7 Å². The number of anilines is 2. The number of hydrogen-bond acceptors (Lipinski definition) is 12. The van der Waals surface area contributed by atoms with E-state index in [1.165, 1.54) is 29.8 Å². The Kier molecular flexibility index (Phi) is 12.6. The number of ether oxygens (including phenoxy) is 1. The molecule has 1 aliphatic carbocycles. The van der Waals surface area contributed by atoms with Crippen molar-refractivity contribution >= 4 is 55.1 Å². The summed E-state index contributed by atoms with van der Waals surface area (Å²) in [5.74, 6) is -1.45. The number of amides is 1. The Labute approximate surface area is 405 Å². The van der Waals surface area contributed by atoms with E-state index in [0.717, 1.165) is 57.1 Å². The van der Waals surface area contributed by atoms with Gasteiger partial charge in [0.2, 0.25) is 0 Å². The molecule has 10 rings (SSSR count). The van der Waals surface area contributed by atoms with Gasteiger partial charge in [-0.3, -0.25) is 19.8 Å². The summed E-state index contributed by atoms with van der Waals surface area (Å²) in [5.41, 5.74) is 0.599. The van der Waals surface area contributed by atoms with E-state index in [1.807, 2.05) is 23.5 Å². The first kappa shape index (κ1) is 47.5. The van der Waals surface area contributed by atoms with Crippen molar-refractivity contribution in [3.05, 3.63) is 106 Å². The molecule has 1 spiro atoms. The lowest BCUT2D eigenvalue weighted by Crippen LogP contribution is -2.55. The van der Waals surface area contributed by atoms with Gasteiger partial charge in [-0.1, -0.05) is 38.1 Å². The first-order valence-electron chi connectivity index (χ1n) is 24.4. The van der Waals surface area contributed by atoms with Crippen molar-refractivity contribution < 1.29 is 31.7 Å². The van der Waals surface area contributed by atoms with Crippen LogP contribution in [0.4, 0.5) is 25.8 Å². The van der Waals surface area contributed by atoms with Gasteiger partial charge < -0.3 is 29.8 Å². The minimum absolute atomic E-state index is 0.0642. The fraction of sp³-hybridized carbons (Fsp3) is 0.471. The number of nitro groups is 1. The monoisotopic (exact) mass is 978 g/mol. The van der Waals surface area contributed by atoms with Crippen molar-refractivity contribution in [2.45, 2.75) is 114 Å². The van der Waals surface area contributed by atoms with Crippen LogP contribution in [0, 0.1) is 21.3 Å². The number of aromatic nitrogens is 4. The highest BCUT2D eigenvalue weighted by molar-refractivity contribution is 7.90. The predicted molar refractivity (Wildman–Crippen MR) is 264 cm³/mol. The number of nitrogens with zero attached hydrogens (tertiary/aromatic N) is 6. The molecule has 4 fully saturated rings. The molecule has 0 radical (unpaired) electrons. The number of likely N-dealkylation sites (tertiary alicyclic amines) is 2. The fourth-order valence-corrected chi connectivity index (χ4v) is 12.7. The third-order valence-electron chi connectivity index (χ3n) is 15.5. The largest absolute Gasteiger partial charge is 0.455 e. The zero-order valence-corrected chi connectivity index (χ0v) is 40.8. The van der Waals surface area contributed by atoms with Crippen molar-refractivity contribution in [1.82, 2.24) is 34.5 Å². The summed E-state index contributed by atoms with van der Waals surface area (Å²) >= 11 is 0. The number of fused-ring (bicyclic) bond motifs is 2. The molecule has 370 valence electrons.